The normalized spacial score (nSPS) is 11.3. The summed E-state index contributed by atoms with van der Waals surface area (Å²) in [4.78, 5) is 11.5. The number of benzene rings is 1. The van der Waals surface area contributed by atoms with E-state index >= 15 is 0 Å². The first-order valence-corrected chi connectivity index (χ1v) is 7.27. The van der Waals surface area contributed by atoms with Crippen LogP contribution in [0, 0.1) is 11.6 Å². The predicted molar refractivity (Wildman–Crippen MR) is 63.0 cm³/mol. The van der Waals surface area contributed by atoms with Crippen LogP contribution in [0.2, 0.25) is 0 Å². The quantitative estimate of drug-likeness (QED) is 0.821. The van der Waals surface area contributed by atoms with E-state index in [-0.39, 0.29) is 18.7 Å². The van der Waals surface area contributed by atoms with Crippen LogP contribution in [0.5, 0.6) is 0 Å². The highest BCUT2D eigenvalue weighted by Gasteiger charge is 2.16. The lowest BCUT2D eigenvalue weighted by molar-refractivity contribution is 0.0945. The maximum Gasteiger partial charge on any atom is 0.257 e. The molecule has 4 nitrogen and oxygen atoms in total. The van der Waals surface area contributed by atoms with Crippen LogP contribution in [0.25, 0.3) is 0 Å². The molecule has 1 aromatic carbocycles. The molecule has 0 saturated carbocycles. The number of halogens is 2. The van der Waals surface area contributed by atoms with Gasteiger partial charge in [0.2, 0.25) is 0 Å². The molecule has 18 heavy (non-hydrogen) atoms. The van der Waals surface area contributed by atoms with Crippen LogP contribution in [-0.2, 0) is 9.84 Å². The molecular weight excluding hydrogens is 264 g/mol. The van der Waals surface area contributed by atoms with E-state index in [1.165, 1.54) is 0 Å². The summed E-state index contributed by atoms with van der Waals surface area (Å²) in [6, 6.07) is 3.12. The van der Waals surface area contributed by atoms with Gasteiger partial charge in [-0.3, -0.25) is 4.79 Å². The van der Waals surface area contributed by atoms with Crippen molar-refractivity contribution in [3.05, 3.63) is 35.4 Å². The molecular formula is C11H13F2NO3S. The van der Waals surface area contributed by atoms with Gasteiger partial charge >= 0.3 is 0 Å². The van der Waals surface area contributed by atoms with Gasteiger partial charge in [0.15, 0.2) is 0 Å². The second-order valence-electron chi connectivity index (χ2n) is 3.84. The second-order valence-corrected chi connectivity index (χ2v) is 6.10. The van der Waals surface area contributed by atoms with Crippen molar-refractivity contribution in [2.75, 3.05) is 18.6 Å². The van der Waals surface area contributed by atoms with E-state index in [9.17, 15) is 22.0 Å². The molecule has 1 aromatic rings. The minimum Gasteiger partial charge on any atom is -0.352 e. The van der Waals surface area contributed by atoms with E-state index in [4.69, 9.17) is 0 Å². The topological polar surface area (TPSA) is 63.2 Å². The Hall–Kier alpha value is -1.50. The summed E-state index contributed by atoms with van der Waals surface area (Å²) in [5, 5.41) is 2.27. The van der Waals surface area contributed by atoms with Crippen molar-refractivity contribution < 1.29 is 22.0 Å². The van der Waals surface area contributed by atoms with E-state index in [0.29, 0.717) is 0 Å². The van der Waals surface area contributed by atoms with Gasteiger partial charge in [0, 0.05) is 12.8 Å². The number of rotatable bonds is 5. The van der Waals surface area contributed by atoms with E-state index in [1.807, 2.05) is 0 Å². The summed E-state index contributed by atoms with van der Waals surface area (Å²) in [7, 11) is -3.10. The third-order valence-electron chi connectivity index (χ3n) is 2.17. The Balaban J connectivity index is 2.56. The summed E-state index contributed by atoms with van der Waals surface area (Å²) in [6.45, 7) is 0.0413. The molecule has 0 fully saturated rings. The zero-order valence-corrected chi connectivity index (χ0v) is 10.6. The Morgan fingerprint density at radius 2 is 1.83 bits per heavy atom. The lowest BCUT2D eigenvalue weighted by Gasteiger charge is -2.06. The lowest BCUT2D eigenvalue weighted by Crippen LogP contribution is -2.27. The molecule has 100 valence electrons. The van der Waals surface area contributed by atoms with Gasteiger partial charge < -0.3 is 5.32 Å². The molecule has 0 aliphatic heterocycles. The molecule has 0 saturated heterocycles. The largest absolute Gasteiger partial charge is 0.352 e. The SMILES string of the molecule is CS(=O)(=O)CCCNC(=O)c1c(F)cccc1F. The molecule has 0 radical (unpaired) electrons. The monoisotopic (exact) mass is 277 g/mol. The van der Waals surface area contributed by atoms with Gasteiger partial charge in [0.25, 0.3) is 5.91 Å². The number of amides is 1. The Morgan fingerprint density at radius 1 is 1.28 bits per heavy atom. The highest BCUT2D eigenvalue weighted by Crippen LogP contribution is 2.11. The first kappa shape index (κ1) is 14.6. The number of nitrogens with one attached hydrogen (secondary N) is 1. The van der Waals surface area contributed by atoms with Crippen molar-refractivity contribution in [1.82, 2.24) is 5.32 Å². The fourth-order valence-corrected chi connectivity index (χ4v) is 2.01. The third kappa shape index (κ3) is 4.40. The molecule has 0 aliphatic rings. The van der Waals surface area contributed by atoms with Crippen LogP contribution in [0.3, 0.4) is 0 Å². The molecule has 1 N–H and O–H groups in total. The molecule has 0 aliphatic carbocycles. The number of hydrogen-bond acceptors (Lipinski definition) is 3. The maximum atomic E-state index is 13.2. The highest BCUT2D eigenvalue weighted by atomic mass is 32.2. The Labute approximate surface area is 104 Å². The fraction of sp³-hybridized carbons (Fsp3) is 0.364. The second kappa shape index (κ2) is 5.90. The molecule has 0 heterocycles. The van der Waals surface area contributed by atoms with Crippen LogP contribution in [-0.4, -0.2) is 32.9 Å². The van der Waals surface area contributed by atoms with Gasteiger partial charge in [-0.05, 0) is 18.6 Å². The molecule has 0 aromatic heterocycles. The molecule has 0 spiro atoms. The molecule has 1 rings (SSSR count). The van der Waals surface area contributed by atoms with Crippen LogP contribution in [0.1, 0.15) is 16.8 Å². The van der Waals surface area contributed by atoms with Crippen LogP contribution in [0.4, 0.5) is 8.78 Å². The van der Waals surface area contributed by atoms with Gasteiger partial charge in [-0.25, -0.2) is 17.2 Å². The van der Waals surface area contributed by atoms with Crippen LogP contribution >= 0.6 is 0 Å². The van der Waals surface area contributed by atoms with Crippen molar-refractivity contribution in [1.29, 1.82) is 0 Å². The van der Waals surface area contributed by atoms with Crippen LogP contribution in [0.15, 0.2) is 18.2 Å². The standard InChI is InChI=1S/C11H13F2NO3S/c1-18(16,17)7-3-6-14-11(15)10-8(12)4-2-5-9(10)13/h2,4-5H,3,6-7H2,1H3,(H,14,15). The number of carbonyl (C=O) groups is 1. The summed E-state index contributed by atoms with van der Waals surface area (Å²) in [5.41, 5.74) is -0.656. The minimum atomic E-state index is -3.10. The molecule has 7 heteroatoms. The molecule has 0 unspecified atom stereocenters. The summed E-state index contributed by atoms with van der Waals surface area (Å²) in [5.74, 6) is -2.88. The highest BCUT2D eigenvalue weighted by molar-refractivity contribution is 7.90. The van der Waals surface area contributed by atoms with E-state index in [2.05, 4.69) is 5.32 Å². The maximum absolute atomic E-state index is 13.2. The van der Waals surface area contributed by atoms with Crippen molar-refractivity contribution in [3.8, 4) is 0 Å². The van der Waals surface area contributed by atoms with Gasteiger partial charge in [-0.15, -0.1) is 0 Å². The van der Waals surface area contributed by atoms with Crippen LogP contribution < -0.4 is 5.32 Å². The van der Waals surface area contributed by atoms with Gasteiger partial charge in [-0.1, -0.05) is 6.07 Å². The molecule has 1 amide bonds. The van der Waals surface area contributed by atoms with Crippen molar-refractivity contribution in [2.45, 2.75) is 6.42 Å². The average molecular weight is 277 g/mol. The van der Waals surface area contributed by atoms with Crippen molar-refractivity contribution >= 4 is 15.7 Å². The van der Waals surface area contributed by atoms with E-state index in [0.717, 1.165) is 24.5 Å². The Bertz CT molecular complexity index is 523. The van der Waals surface area contributed by atoms with Gasteiger partial charge in [0.1, 0.15) is 27.0 Å². The van der Waals surface area contributed by atoms with Crippen molar-refractivity contribution in [2.24, 2.45) is 0 Å². The van der Waals surface area contributed by atoms with E-state index in [1.54, 1.807) is 0 Å². The Morgan fingerprint density at radius 3 is 2.33 bits per heavy atom. The molecule has 0 atom stereocenters. The lowest BCUT2D eigenvalue weighted by atomic mass is 10.2. The van der Waals surface area contributed by atoms with Gasteiger partial charge in [0.05, 0.1) is 5.75 Å². The number of carbonyl (C=O) groups excluding carboxylic acids is 1. The Kier molecular flexibility index (Phi) is 4.77. The zero-order valence-electron chi connectivity index (χ0n) is 9.74. The van der Waals surface area contributed by atoms with E-state index < -0.39 is 32.9 Å². The zero-order chi connectivity index (χ0) is 13.8. The average Bonchev–Trinajstić information content (AvgIpc) is 2.23. The predicted octanol–water partition coefficient (Wildman–Crippen LogP) is 1.13. The fourth-order valence-electron chi connectivity index (χ4n) is 1.34. The first-order chi connectivity index (χ1) is 8.31. The minimum absolute atomic E-state index is 0.0413. The molecule has 0 bridgehead atoms. The first-order valence-electron chi connectivity index (χ1n) is 5.21. The summed E-state index contributed by atoms with van der Waals surface area (Å²) < 4.78 is 48.0. The summed E-state index contributed by atoms with van der Waals surface area (Å²) >= 11 is 0. The third-order valence-corrected chi connectivity index (χ3v) is 3.20. The number of sulfone groups is 1. The smallest absolute Gasteiger partial charge is 0.257 e. The number of hydrogen-bond donors (Lipinski definition) is 1. The van der Waals surface area contributed by atoms with Crippen molar-refractivity contribution in [3.63, 3.8) is 0 Å². The van der Waals surface area contributed by atoms with Gasteiger partial charge in [-0.2, -0.15) is 0 Å². The summed E-state index contributed by atoms with van der Waals surface area (Å²) in [6.07, 6.45) is 1.27.